The number of carbonyl (C=O) groups excluding carboxylic acids is 2. The first-order valence-corrected chi connectivity index (χ1v) is 10.6. The molecule has 30 heavy (non-hydrogen) atoms. The van der Waals surface area contributed by atoms with Crippen molar-refractivity contribution in [2.75, 3.05) is 12.3 Å². The number of rotatable bonds is 8. The lowest BCUT2D eigenvalue weighted by molar-refractivity contribution is -0.118. The molecule has 0 aliphatic heterocycles. The highest BCUT2D eigenvalue weighted by Crippen LogP contribution is 2.27. The van der Waals surface area contributed by atoms with E-state index < -0.39 is 5.82 Å². The van der Waals surface area contributed by atoms with Crippen LogP contribution in [0, 0.1) is 5.82 Å². The Bertz CT molecular complexity index is 1050. The fraction of sp³-hybridized carbons (Fsp3) is 0.200. The summed E-state index contributed by atoms with van der Waals surface area (Å²) in [6, 6.07) is 10.4. The number of Topliss-reactive ketones (excluding diaryl/α,β-unsaturated/α-hetero) is 1. The maximum absolute atomic E-state index is 13.1. The molecule has 1 aromatic heterocycles. The van der Waals surface area contributed by atoms with Gasteiger partial charge >= 0.3 is 0 Å². The molecule has 2 aromatic carbocycles. The summed E-state index contributed by atoms with van der Waals surface area (Å²) in [7, 11) is 0. The number of carbonyl (C=O) groups is 2. The fourth-order valence-electron chi connectivity index (χ4n) is 2.68. The molecule has 0 aliphatic rings. The van der Waals surface area contributed by atoms with Crippen molar-refractivity contribution in [1.29, 1.82) is 0 Å². The zero-order valence-corrected chi connectivity index (χ0v) is 18.2. The molecule has 0 saturated carbocycles. The number of amides is 1. The second-order valence-electron chi connectivity index (χ2n) is 6.31. The van der Waals surface area contributed by atoms with Crippen LogP contribution < -0.4 is 5.32 Å². The Labute approximate surface area is 186 Å². The monoisotopic (exact) mass is 466 g/mol. The fourth-order valence-corrected chi connectivity index (χ4v) is 4.06. The molecule has 156 valence electrons. The van der Waals surface area contributed by atoms with Crippen molar-refractivity contribution in [1.82, 2.24) is 20.1 Å². The lowest BCUT2D eigenvalue weighted by atomic mass is 10.1. The maximum atomic E-state index is 13.1. The molecule has 0 bridgehead atoms. The molecule has 1 heterocycles. The highest BCUT2D eigenvalue weighted by Gasteiger charge is 2.17. The van der Waals surface area contributed by atoms with Crippen molar-refractivity contribution in [3.8, 4) is 5.69 Å². The molecule has 6 nitrogen and oxygen atoms in total. The summed E-state index contributed by atoms with van der Waals surface area (Å²) in [6.45, 7) is 1.81. The van der Waals surface area contributed by atoms with E-state index in [2.05, 4.69) is 15.5 Å². The molecule has 1 amide bonds. The van der Waals surface area contributed by atoms with E-state index in [1.165, 1.54) is 43.0 Å². The minimum atomic E-state index is -0.402. The van der Waals surface area contributed by atoms with E-state index in [-0.39, 0.29) is 17.4 Å². The zero-order valence-electron chi connectivity index (χ0n) is 15.9. The van der Waals surface area contributed by atoms with E-state index in [1.54, 1.807) is 22.8 Å². The van der Waals surface area contributed by atoms with Gasteiger partial charge in [0.1, 0.15) is 11.6 Å². The van der Waals surface area contributed by atoms with E-state index >= 15 is 0 Å². The highest BCUT2D eigenvalue weighted by atomic mass is 35.5. The van der Waals surface area contributed by atoms with Crippen molar-refractivity contribution in [3.05, 3.63) is 69.7 Å². The third-order valence-corrected chi connectivity index (χ3v) is 5.39. The van der Waals surface area contributed by atoms with Crippen LogP contribution in [0.15, 0.2) is 47.6 Å². The maximum Gasteiger partial charge on any atom is 0.216 e. The van der Waals surface area contributed by atoms with Crippen molar-refractivity contribution in [3.63, 3.8) is 0 Å². The first-order chi connectivity index (χ1) is 14.3. The molecular formula is C20H17Cl2FN4O2S. The number of nitrogens with one attached hydrogen (secondary N) is 1. The molecule has 3 rings (SSSR count). The number of thioether (sulfide) groups is 1. The van der Waals surface area contributed by atoms with Gasteiger partial charge in [-0.1, -0.05) is 35.0 Å². The normalized spacial score (nSPS) is 10.8. The molecule has 0 saturated heterocycles. The van der Waals surface area contributed by atoms with Gasteiger partial charge < -0.3 is 5.32 Å². The van der Waals surface area contributed by atoms with Crippen LogP contribution in [0.2, 0.25) is 10.0 Å². The van der Waals surface area contributed by atoms with Gasteiger partial charge in [0.05, 0.1) is 11.4 Å². The Morgan fingerprint density at radius 3 is 2.40 bits per heavy atom. The summed E-state index contributed by atoms with van der Waals surface area (Å²) in [5.74, 6) is -0.0479. The molecule has 0 aliphatic carbocycles. The van der Waals surface area contributed by atoms with E-state index in [4.69, 9.17) is 23.2 Å². The third kappa shape index (κ3) is 5.81. The number of nitrogens with zero attached hydrogens (tertiary/aromatic N) is 3. The van der Waals surface area contributed by atoms with Crippen LogP contribution in [0.4, 0.5) is 4.39 Å². The highest BCUT2D eigenvalue weighted by molar-refractivity contribution is 7.99. The summed E-state index contributed by atoms with van der Waals surface area (Å²) in [6.07, 6.45) is 0.420. The molecule has 0 atom stereocenters. The summed E-state index contributed by atoms with van der Waals surface area (Å²) >= 11 is 13.5. The van der Waals surface area contributed by atoms with Gasteiger partial charge in [-0.3, -0.25) is 14.2 Å². The van der Waals surface area contributed by atoms with Crippen LogP contribution in [-0.2, 0) is 11.2 Å². The number of hydrogen-bond acceptors (Lipinski definition) is 5. The van der Waals surface area contributed by atoms with Gasteiger partial charge in [-0.05, 0) is 42.5 Å². The van der Waals surface area contributed by atoms with Gasteiger partial charge in [-0.2, -0.15) is 0 Å². The second-order valence-corrected chi connectivity index (χ2v) is 8.13. The predicted molar refractivity (Wildman–Crippen MR) is 115 cm³/mol. The van der Waals surface area contributed by atoms with E-state index in [0.717, 1.165) is 0 Å². The number of hydrogen-bond donors (Lipinski definition) is 1. The summed E-state index contributed by atoms with van der Waals surface area (Å²) < 4.78 is 14.8. The first kappa shape index (κ1) is 22.3. The van der Waals surface area contributed by atoms with Gasteiger partial charge in [0, 0.05) is 35.5 Å². The van der Waals surface area contributed by atoms with E-state index in [0.29, 0.717) is 45.2 Å². The van der Waals surface area contributed by atoms with Crippen LogP contribution in [-0.4, -0.2) is 38.8 Å². The quantitative estimate of drug-likeness (QED) is 0.394. The molecule has 3 aromatic rings. The van der Waals surface area contributed by atoms with Crippen molar-refractivity contribution in [2.45, 2.75) is 18.5 Å². The Balaban J connectivity index is 1.85. The lowest BCUT2D eigenvalue weighted by Crippen LogP contribution is -2.23. The average Bonchev–Trinajstić information content (AvgIpc) is 3.08. The van der Waals surface area contributed by atoms with Gasteiger partial charge in [0.15, 0.2) is 10.9 Å². The van der Waals surface area contributed by atoms with Crippen LogP contribution >= 0.6 is 35.0 Å². The second kappa shape index (κ2) is 10.1. The van der Waals surface area contributed by atoms with Crippen LogP contribution in [0.5, 0.6) is 0 Å². The standard InChI is InChI=1S/C20H17Cl2FN4O2S/c1-12(28)24-7-6-19-25-26-20(27(19)17-9-14(21)8-15(22)10-17)30-11-18(29)13-2-4-16(23)5-3-13/h2-5,8-10H,6-7,11H2,1H3,(H,24,28). The van der Waals surface area contributed by atoms with Crippen molar-refractivity contribution in [2.24, 2.45) is 0 Å². The lowest BCUT2D eigenvalue weighted by Gasteiger charge is -2.11. The Morgan fingerprint density at radius 2 is 1.77 bits per heavy atom. The Kier molecular flexibility index (Phi) is 7.47. The molecule has 0 unspecified atom stereocenters. The molecule has 0 spiro atoms. The predicted octanol–water partition coefficient (Wildman–Crippen LogP) is 4.37. The zero-order chi connectivity index (χ0) is 21.7. The number of benzene rings is 2. The number of halogens is 3. The number of ketones is 1. The average molecular weight is 467 g/mol. The first-order valence-electron chi connectivity index (χ1n) is 8.90. The SMILES string of the molecule is CC(=O)NCCc1nnc(SCC(=O)c2ccc(F)cc2)n1-c1cc(Cl)cc(Cl)c1. The third-order valence-electron chi connectivity index (χ3n) is 4.03. The molecule has 10 heteroatoms. The summed E-state index contributed by atoms with van der Waals surface area (Å²) in [5, 5.41) is 12.5. The Hall–Kier alpha value is -2.42. The van der Waals surface area contributed by atoms with Crippen LogP contribution in [0.3, 0.4) is 0 Å². The largest absolute Gasteiger partial charge is 0.356 e. The topological polar surface area (TPSA) is 76.9 Å². The minimum absolute atomic E-state index is 0.0871. The Morgan fingerprint density at radius 1 is 1.10 bits per heavy atom. The van der Waals surface area contributed by atoms with E-state index in [1.807, 2.05) is 0 Å². The van der Waals surface area contributed by atoms with Gasteiger partial charge in [-0.15, -0.1) is 10.2 Å². The number of aromatic nitrogens is 3. The van der Waals surface area contributed by atoms with Crippen LogP contribution in [0.1, 0.15) is 23.1 Å². The summed E-state index contributed by atoms with van der Waals surface area (Å²) in [4.78, 5) is 23.6. The minimum Gasteiger partial charge on any atom is -0.356 e. The summed E-state index contributed by atoms with van der Waals surface area (Å²) in [5.41, 5.74) is 1.05. The van der Waals surface area contributed by atoms with Gasteiger partial charge in [0.25, 0.3) is 0 Å². The molecular weight excluding hydrogens is 450 g/mol. The smallest absolute Gasteiger partial charge is 0.216 e. The molecule has 0 fully saturated rings. The van der Waals surface area contributed by atoms with Crippen LogP contribution in [0.25, 0.3) is 5.69 Å². The van der Waals surface area contributed by atoms with Gasteiger partial charge in [-0.25, -0.2) is 4.39 Å². The van der Waals surface area contributed by atoms with E-state index in [9.17, 15) is 14.0 Å². The molecule has 1 N–H and O–H groups in total. The van der Waals surface area contributed by atoms with Gasteiger partial charge in [0.2, 0.25) is 5.91 Å². The van der Waals surface area contributed by atoms with Crippen molar-refractivity contribution >= 4 is 46.7 Å². The van der Waals surface area contributed by atoms with Crippen molar-refractivity contribution < 1.29 is 14.0 Å². The molecule has 0 radical (unpaired) electrons.